The van der Waals surface area contributed by atoms with E-state index in [1.54, 1.807) is 4.90 Å². The maximum atomic E-state index is 12.5. The molecule has 0 amide bonds. The number of hydrogen-bond acceptors (Lipinski definition) is 3. The molecule has 0 saturated carbocycles. The fourth-order valence-electron chi connectivity index (χ4n) is 2.13. The first-order chi connectivity index (χ1) is 8.91. The molecule has 1 aliphatic rings. The predicted octanol–water partition coefficient (Wildman–Crippen LogP) is 3.17. The molecule has 1 aromatic heterocycles. The molecule has 1 aliphatic heterocycles. The Labute approximate surface area is 113 Å². The molecule has 1 unspecified atom stereocenters. The maximum absolute atomic E-state index is 12.5. The van der Waals surface area contributed by atoms with Gasteiger partial charge < -0.3 is 9.69 Å². The molecule has 0 N–H and O–H groups in total. The van der Waals surface area contributed by atoms with Crippen molar-refractivity contribution >= 4 is 23.7 Å². The molecule has 1 atom stereocenters. The Balaban J connectivity index is 2.23. The Kier molecular flexibility index (Phi) is 3.99. The van der Waals surface area contributed by atoms with E-state index in [4.69, 9.17) is 11.6 Å². The number of carbonyl (C=O) groups is 1. The van der Waals surface area contributed by atoms with Gasteiger partial charge in [0.2, 0.25) is 0 Å². The van der Waals surface area contributed by atoms with Crippen LogP contribution in [-0.4, -0.2) is 24.4 Å². The van der Waals surface area contributed by atoms with E-state index in [0.717, 1.165) is 31.4 Å². The highest BCUT2D eigenvalue weighted by Gasteiger charge is 2.32. The Morgan fingerprint density at radius 2 is 2.21 bits per heavy atom. The number of nitrogens with zero attached hydrogens (tertiary/aromatic N) is 2. The maximum Gasteiger partial charge on any atom is 0.417 e. The summed E-state index contributed by atoms with van der Waals surface area (Å²) in [6.45, 7) is 1.09. The highest BCUT2D eigenvalue weighted by Crippen LogP contribution is 2.34. The van der Waals surface area contributed by atoms with Gasteiger partial charge in [-0.25, -0.2) is 4.98 Å². The number of anilines is 1. The van der Waals surface area contributed by atoms with Crippen LogP contribution >= 0.6 is 11.6 Å². The van der Waals surface area contributed by atoms with Crippen LogP contribution in [-0.2, 0) is 11.0 Å². The third-order valence-electron chi connectivity index (χ3n) is 3.10. The lowest BCUT2D eigenvalue weighted by Crippen LogP contribution is -2.36. The molecular weight excluding hydrogens is 281 g/mol. The van der Waals surface area contributed by atoms with Crippen molar-refractivity contribution in [2.45, 2.75) is 19.0 Å². The topological polar surface area (TPSA) is 33.2 Å². The van der Waals surface area contributed by atoms with Crippen LogP contribution in [0.3, 0.4) is 0 Å². The summed E-state index contributed by atoms with van der Waals surface area (Å²) in [6, 6.07) is 0.869. The number of carbonyl (C=O) groups excluding carboxylic acids is 1. The molecule has 0 bridgehead atoms. The molecule has 1 aromatic rings. The minimum Gasteiger partial charge on any atom is -0.355 e. The number of aromatic nitrogens is 1. The van der Waals surface area contributed by atoms with Crippen LogP contribution in [0.4, 0.5) is 19.0 Å². The average Bonchev–Trinajstić information content (AvgIpc) is 2.37. The van der Waals surface area contributed by atoms with E-state index in [1.807, 2.05) is 0 Å². The monoisotopic (exact) mass is 292 g/mol. The first-order valence-electron chi connectivity index (χ1n) is 5.85. The molecule has 104 valence electrons. The van der Waals surface area contributed by atoms with E-state index in [2.05, 4.69) is 4.98 Å². The molecule has 2 heterocycles. The van der Waals surface area contributed by atoms with Gasteiger partial charge in [0, 0.05) is 25.2 Å². The normalized spacial score (nSPS) is 20.4. The smallest absolute Gasteiger partial charge is 0.355 e. The molecule has 0 aliphatic carbocycles. The van der Waals surface area contributed by atoms with E-state index in [0.29, 0.717) is 18.9 Å². The van der Waals surface area contributed by atoms with Gasteiger partial charge in [-0.1, -0.05) is 11.6 Å². The lowest BCUT2D eigenvalue weighted by molar-refractivity contribution is -0.137. The Bertz CT molecular complexity index is 479. The van der Waals surface area contributed by atoms with Crippen molar-refractivity contribution in [1.82, 2.24) is 4.98 Å². The molecule has 0 radical (unpaired) electrons. The van der Waals surface area contributed by atoms with Crippen LogP contribution in [0.25, 0.3) is 0 Å². The molecule has 3 nitrogen and oxygen atoms in total. The highest BCUT2D eigenvalue weighted by atomic mass is 35.5. The fourth-order valence-corrected chi connectivity index (χ4v) is 2.42. The van der Waals surface area contributed by atoms with E-state index < -0.39 is 11.7 Å². The van der Waals surface area contributed by atoms with Gasteiger partial charge in [-0.2, -0.15) is 13.2 Å². The van der Waals surface area contributed by atoms with Gasteiger partial charge in [0.1, 0.15) is 12.1 Å². The number of piperidine rings is 1. The molecule has 0 aromatic carbocycles. The van der Waals surface area contributed by atoms with Crippen LogP contribution in [0.5, 0.6) is 0 Å². The summed E-state index contributed by atoms with van der Waals surface area (Å²) < 4.78 is 37.5. The van der Waals surface area contributed by atoms with Gasteiger partial charge in [-0.15, -0.1) is 0 Å². The first-order valence-corrected chi connectivity index (χ1v) is 6.22. The predicted molar refractivity (Wildman–Crippen MR) is 65.3 cm³/mol. The highest BCUT2D eigenvalue weighted by molar-refractivity contribution is 6.33. The molecule has 1 saturated heterocycles. The lowest BCUT2D eigenvalue weighted by atomic mass is 10.00. The van der Waals surface area contributed by atoms with Crippen molar-refractivity contribution < 1.29 is 18.0 Å². The summed E-state index contributed by atoms with van der Waals surface area (Å²) in [5, 5.41) is -0.0404. The van der Waals surface area contributed by atoms with Crippen molar-refractivity contribution in [3.05, 3.63) is 22.8 Å². The van der Waals surface area contributed by atoms with E-state index in [1.165, 1.54) is 0 Å². The molecule has 2 rings (SSSR count). The van der Waals surface area contributed by atoms with Gasteiger partial charge in [0.05, 0.1) is 10.6 Å². The molecule has 19 heavy (non-hydrogen) atoms. The number of halogens is 4. The standard InChI is InChI=1S/C12H12ClF3N2O/c13-10-4-9(12(14,15)16)5-17-11(10)18-3-1-2-8(6-18)7-19/h4-5,7-8H,1-3,6H2. The van der Waals surface area contributed by atoms with Gasteiger partial charge in [-0.3, -0.25) is 0 Å². The fraction of sp³-hybridized carbons (Fsp3) is 0.500. The van der Waals surface area contributed by atoms with Crippen molar-refractivity contribution in [1.29, 1.82) is 0 Å². The average molecular weight is 293 g/mol. The number of pyridine rings is 1. The van der Waals surface area contributed by atoms with E-state index in [9.17, 15) is 18.0 Å². The van der Waals surface area contributed by atoms with Crippen molar-refractivity contribution in [2.75, 3.05) is 18.0 Å². The molecular formula is C12H12ClF3N2O. The van der Waals surface area contributed by atoms with Gasteiger partial charge >= 0.3 is 6.18 Å². The Morgan fingerprint density at radius 1 is 1.47 bits per heavy atom. The summed E-state index contributed by atoms with van der Waals surface area (Å²) in [5.74, 6) is 0.190. The zero-order valence-electron chi connectivity index (χ0n) is 9.95. The first kappa shape index (κ1) is 14.1. The molecule has 1 fully saturated rings. The number of alkyl halides is 3. The Hall–Kier alpha value is -1.30. The summed E-state index contributed by atoms with van der Waals surface area (Å²) in [6.07, 6.45) is -1.24. The van der Waals surface area contributed by atoms with Gasteiger partial charge in [0.15, 0.2) is 0 Å². The lowest BCUT2D eigenvalue weighted by Gasteiger charge is -2.31. The Morgan fingerprint density at radius 3 is 2.79 bits per heavy atom. The van der Waals surface area contributed by atoms with Crippen molar-refractivity contribution in [2.24, 2.45) is 5.92 Å². The number of hydrogen-bond donors (Lipinski definition) is 0. The zero-order chi connectivity index (χ0) is 14.0. The van der Waals surface area contributed by atoms with E-state index >= 15 is 0 Å². The van der Waals surface area contributed by atoms with Crippen LogP contribution in [0.15, 0.2) is 12.3 Å². The molecule has 7 heteroatoms. The summed E-state index contributed by atoms with van der Waals surface area (Å²) in [4.78, 5) is 16.3. The van der Waals surface area contributed by atoms with E-state index in [-0.39, 0.29) is 10.9 Å². The summed E-state index contributed by atoms with van der Waals surface area (Å²) in [7, 11) is 0. The number of rotatable bonds is 2. The largest absolute Gasteiger partial charge is 0.417 e. The molecule has 0 spiro atoms. The quantitative estimate of drug-likeness (QED) is 0.785. The summed E-state index contributed by atoms with van der Waals surface area (Å²) in [5.41, 5.74) is -0.870. The third kappa shape index (κ3) is 3.18. The minimum absolute atomic E-state index is 0.0404. The van der Waals surface area contributed by atoms with Crippen LogP contribution < -0.4 is 4.90 Å². The second-order valence-corrected chi connectivity index (χ2v) is 4.92. The van der Waals surface area contributed by atoms with Crippen molar-refractivity contribution in [3.8, 4) is 0 Å². The van der Waals surface area contributed by atoms with Crippen molar-refractivity contribution in [3.63, 3.8) is 0 Å². The third-order valence-corrected chi connectivity index (χ3v) is 3.38. The van der Waals surface area contributed by atoms with Gasteiger partial charge in [0.25, 0.3) is 0 Å². The zero-order valence-corrected chi connectivity index (χ0v) is 10.7. The van der Waals surface area contributed by atoms with Crippen LogP contribution in [0.1, 0.15) is 18.4 Å². The van der Waals surface area contributed by atoms with Crippen LogP contribution in [0, 0.1) is 5.92 Å². The SMILES string of the molecule is O=CC1CCCN(c2ncc(C(F)(F)F)cc2Cl)C1. The van der Waals surface area contributed by atoms with Gasteiger partial charge in [-0.05, 0) is 18.9 Å². The minimum atomic E-state index is -4.46. The number of aldehydes is 1. The second-order valence-electron chi connectivity index (χ2n) is 4.51. The second kappa shape index (κ2) is 5.36. The summed E-state index contributed by atoms with van der Waals surface area (Å²) >= 11 is 5.87. The van der Waals surface area contributed by atoms with Crippen LogP contribution in [0.2, 0.25) is 5.02 Å².